The van der Waals surface area contributed by atoms with E-state index in [-0.39, 0.29) is 10.8 Å². The number of nitrogens with zero attached hydrogens (tertiary/aromatic N) is 1. The first-order valence-electron chi connectivity index (χ1n) is 6.54. The number of aryl methyl sites for hydroxylation is 1. The van der Waals surface area contributed by atoms with Crippen molar-refractivity contribution in [2.75, 3.05) is 0 Å². The molecule has 0 saturated heterocycles. The molecule has 0 atom stereocenters. The van der Waals surface area contributed by atoms with Crippen molar-refractivity contribution in [1.82, 2.24) is 4.98 Å². The van der Waals surface area contributed by atoms with Crippen LogP contribution in [0.5, 0.6) is 5.88 Å². The van der Waals surface area contributed by atoms with Crippen LogP contribution < -0.4 is 4.18 Å². The van der Waals surface area contributed by atoms with Crippen LogP contribution in [0.1, 0.15) is 5.56 Å². The van der Waals surface area contributed by atoms with E-state index in [1.807, 2.05) is 6.92 Å². The van der Waals surface area contributed by atoms with E-state index < -0.39 is 10.1 Å². The van der Waals surface area contributed by atoms with Crippen molar-refractivity contribution in [3.8, 4) is 17.0 Å². The van der Waals surface area contributed by atoms with Gasteiger partial charge in [-0.2, -0.15) is 8.42 Å². The normalized spacial score (nSPS) is 11.3. The Morgan fingerprint density at radius 2 is 1.77 bits per heavy atom. The predicted octanol–water partition coefficient (Wildman–Crippen LogP) is 3.42. The lowest BCUT2D eigenvalue weighted by Crippen LogP contribution is -2.10. The van der Waals surface area contributed by atoms with Crippen molar-refractivity contribution in [2.24, 2.45) is 0 Å². The van der Waals surface area contributed by atoms with Gasteiger partial charge in [-0.3, -0.25) is 0 Å². The Bertz CT molecular complexity index is 852. The summed E-state index contributed by atoms with van der Waals surface area (Å²) >= 11 is 0. The van der Waals surface area contributed by atoms with Crippen molar-refractivity contribution in [3.05, 3.63) is 66.8 Å². The molecule has 0 saturated carbocycles. The number of furan rings is 1. The summed E-state index contributed by atoms with van der Waals surface area (Å²) in [6.07, 6.45) is 4.67. The SMILES string of the molecule is Cc1ccc(S(=O)(=O)Oc2ccc(-c3ccoc3)cn2)cc1. The fourth-order valence-corrected chi connectivity index (χ4v) is 2.78. The maximum absolute atomic E-state index is 12.1. The fourth-order valence-electron chi connectivity index (χ4n) is 1.89. The quantitative estimate of drug-likeness (QED) is 0.690. The zero-order chi connectivity index (χ0) is 15.6. The number of rotatable bonds is 4. The van der Waals surface area contributed by atoms with Crippen molar-refractivity contribution in [3.63, 3.8) is 0 Å². The molecule has 0 aliphatic rings. The minimum atomic E-state index is -3.88. The summed E-state index contributed by atoms with van der Waals surface area (Å²) in [5.74, 6) is 0.0211. The third-order valence-corrected chi connectivity index (χ3v) is 4.34. The molecule has 3 aromatic rings. The van der Waals surface area contributed by atoms with E-state index in [1.54, 1.807) is 36.8 Å². The van der Waals surface area contributed by atoms with Crippen LogP contribution in [-0.4, -0.2) is 13.4 Å². The first kappa shape index (κ1) is 14.3. The van der Waals surface area contributed by atoms with Gasteiger partial charge in [0.15, 0.2) is 0 Å². The monoisotopic (exact) mass is 315 g/mol. The van der Waals surface area contributed by atoms with Gasteiger partial charge in [-0.1, -0.05) is 17.7 Å². The van der Waals surface area contributed by atoms with Crippen LogP contribution >= 0.6 is 0 Å². The van der Waals surface area contributed by atoms with E-state index in [0.717, 1.165) is 16.7 Å². The molecule has 6 heteroatoms. The fraction of sp³-hybridized carbons (Fsp3) is 0.0625. The van der Waals surface area contributed by atoms with Crippen LogP contribution in [0.3, 0.4) is 0 Å². The van der Waals surface area contributed by atoms with E-state index >= 15 is 0 Å². The Morgan fingerprint density at radius 1 is 1.00 bits per heavy atom. The van der Waals surface area contributed by atoms with Gasteiger partial charge >= 0.3 is 10.1 Å². The molecule has 2 heterocycles. The maximum atomic E-state index is 12.1. The summed E-state index contributed by atoms with van der Waals surface area (Å²) in [6.45, 7) is 1.88. The zero-order valence-corrected chi connectivity index (χ0v) is 12.6. The minimum absolute atomic E-state index is 0.0211. The predicted molar refractivity (Wildman–Crippen MR) is 80.9 cm³/mol. The van der Waals surface area contributed by atoms with E-state index in [1.165, 1.54) is 24.4 Å². The van der Waals surface area contributed by atoms with E-state index in [0.29, 0.717) is 0 Å². The molecule has 0 aliphatic heterocycles. The van der Waals surface area contributed by atoms with Crippen molar-refractivity contribution < 1.29 is 17.0 Å². The van der Waals surface area contributed by atoms with Gasteiger partial charge < -0.3 is 8.60 Å². The summed E-state index contributed by atoms with van der Waals surface area (Å²) in [7, 11) is -3.88. The molecule has 0 bridgehead atoms. The highest BCUT2D eigenvalue weighted by molar-refractivity contribution is 7.87. The highest BCUT2D eigenvalue weighted by Gasteiger charge is 2.17. The first-order valence-corrected chi connectivity index (χ1v) is 7.95. The molecule has 0 spiro atoms. The standard InChI is InChI=1S/C16H13NO4S/c1-12-2-5-15(6-3-12)22(18,19)21-16-7-4-13(10-17-16)14-8-9-20-11-14/h2-11H,1H3. The third kappa shape index (κ3) is 3.01. The lowest BCUT2D eigenvalue weighted by molar-refractivity contribution is 0.476. The highest BCUT2D eigenvalue weighted by Crippen LogP contribution is 2.22. The second kappa shape index (κ2) is 5.65. The number of aromatic nitrogens is 1. The molecule has 1 aromatic carbocycles. The maximum Gasteiger partial charge on any atom is 0.340 e. The minimum Gasteiger partial charge on any atom is -0.472 e. The molecule has 0 fully saturated rings. The Kier molecular flexibility index (Phi) is 3.68. The Labute approximate surface area is 128 Å². The van der Waals surface area contributed by atoms with Gasteiger partial charge in [0.25, 0.3) is 0 Å². The summed E-state index contributed by atoms with van der Waals surface area (Å²) in [5.41, 5.74) is 2.65. The summed E-state index contributed by atoms with van der Waals surface area (Å²) in [6, 6.07) is 11.5. The molecule has 0 unspecified atom stereocenters. The zero-order valence-electron chi connectivity index (χ0n) is 11.8. The Hall–Kier alpha value is -2.60. The average molecular weight is 315 g/mol. The Morgan fingerprint density at radius 3 is 2.36 bits per heavy atom. The van der Waals surface area contributed by atoms with Gasteiger partial charge in [0, 0.05) is 23.4 Å². The molecule has 0 radical (unpaired) electrons. The number of pyridine rings is 1. The smallest absolute Gasteiger partial charge is 0.340 e. The van der Waals surface area contributed by atoms with Crippen LogP contribution in [0.25, 0.3) is 11.1 Å². The van der Waals surface area contributed by atoms with E-state index in [4.69, 9.17) is 8.60 Å². The van der Waals surface area contributed by atoms with Crippen molar-refractivity contribution >= 4 is 10.1 Å². The molecule has 0 amide bonds. The largest absolute Gasteiger partial charge is 0.472 e. The lowest BCUT2D eigenvalue weighted by atomic mass is 10.2. The number of hydrogen-bond acceptors (Lipinski definition) is 5. The van der Waals surface area contributed by atoms with Gasteiger partial charge in [0.05, 0.1) is 12.5 Å². The average Bonchev–Trinajstić information content (AvgIpc) is 3.02. The second-order valence-electron chi connectivity index (χ2n) is 4.75. The molecule has 3 rings (SSSR count). The van der Waals surface area contributed by atoms with Crippen LogP contribution in [-0.2, 0) is 10.1 Å². The summed E-state index contributed by atoms with van der Waals surface area (Å²) in [4.78, 5) is 4.12. The van der Waals surface area contributed by atoms with Gasteiger partial charge in [-0.15, -0.1) is 0 Å². The Balaban J connectivity index is 1.82. The lowest BCUT2D eigenvalue weighted by Gasteiger charge is -2.06. The topological polar surface area (TPSA) is 69.4 Å². The van der Waals surface area contributed by atoms with Crippen molar-refractivity contribution in [2.45, 2.75) is 11.8 Å². The van der Waals surface area contributed by atoms with E-state index in [9.17, 15) is 8.42 Å². The number of benzene rings is 1. The van der Waals surface area contributed by atoms with Crippen molar-refractivity contribution in [1.29, 1.82) is 0 Å². The van der Waals surface area contributed by atoms with E-state index in [2.05, 4.69) is 4.98 Å². The molecular formula is C16H13NO4S. The number of hydrogen-bond donors (Lipinski definition) is 0. The molecule has 0 N–H and O–H groups in total. The van der Waals surface area contributed by atoms with Gasteiger partial charge in [0.1, 0.15) is 4.90 Å². The highest BCUT2D eigenvalue weighted by atomic mass is 32.2. The van der Waals surface area contributed by atoms with Crippen LogP contribution in [0.4, 0.5) is 0 Å². The van der Waals surface area contributed by atoms with Gasteiger partial charge in [-0.05, 0) is 31.2 Å². The van der Waals surface area contributed by atoms with Crippen LogP contribution in [0.2, 0.25) is 0 Å². The third-order valence-electron chi connectivity index (χ3n) is 3.10. The van der Waals surface area contributed by atoms with Crippen LogP contribution in [0.15, 0.2) is 70.5 Å². The summed E-state index contributed by atoms with van der Waals surface area (Å²) in [5, 5.41) is 0. The first-order chi connectivity index (χ1) is 10.5. The van der Waals surface area contributed by atoms with Gasteiger partial charge in [0.2, 0.25) is 5.88 Å². The molecular weight excluding hydrogens is 302 g/mol. The molecule has 2 aromatic heterocycles. The second-order valence-corrected chi connectivity index (χ2v) is 6.29. The molecule has 5 nitrogen and oxygen atoms in total. The summed E-state index contributed by atoms with van der Waals surface area (Å²) < 4.78 is 34.3. The molecule has 112 valence electrons. The van der Waals surface area contributed by atoms with Gasteiger partial charge in [-0.25, -0.2) is 4.98 Å². The van der Waals surface area contributed by atoms with Crippen LogP contribution in [0, 0.1) is 6.92 Å². The molecule has 0 aliphatic carbocycles. The molecule has 22 heavy (non-hydrogen) atoms.